The van der Waals surface area contributed by atoms with Gasteiger partial charge in [-0.15, -0.1) is 0 Å². The molecule has 0 bridgehead atoms. The predicted octanol–water partition coefficient (Wildman–Crippen LogP) is 2.59. The van der Waals surface area contributed by atoms with Crippen molar-refractivity contribution in [1.82, 2.24) is 4.98 Å². The van der Waals surface area contributed by atoms with Crippen molar-refractivity contribution in [3.05, 3.63) is 47.7 Å². The first-order valence-corrected chi connectivity index (χ1v) is 5.78. The summed E-state index contributed by atoms with van der Waals surface area (Å²) in [5, 5.41) is 3.26. The van der Waals surface area contributed by atoms with Gasteiger partial charge in [0.05, 0.1) is 19.0 Å². The molecular weight excluding hydrogens is 226 g/mol. The predicted molar refractivity (Wildman–Crippen MR) is 73.7 cm³/mol. The van der Waals surface area contributed by atoms with Gasteiger partial charge >= 0.3 is 0 Å². The molecule has 0 aliphatic rings. The Morgan fingerprint density at radius 3 is 2.89 bits per heavy atom. The van der Waals surface area contributed by atoms with Gasteiger partial charge in [-0.05, 0) is 36.2 Å². The highest BCUT2D eigenvalue weighted by Crippen LogP contribution is 2.16. The van der Waals surface area contributed by atoms with Crippen LogP contribution in [0.4, 0.5) is 11.5 Å². The lowest BCUT2D eigenvalue weighted by Gasteiger charge is -2.08. The van der Waals surface area contributed by atoms with Crippen molar-refractivity contribution in [1.29, 1.82) is 0 Å². The zero-order valence-corrected chi connectivity index (χ0v) is 10.6. The number of aryl methyl sites for hydroxylation is 1. The molecule has 1 aromatic carbocycles. The molecule has 0 aliphatic carbocycles. The standard InChI is InChI=1S/C14H17N3O/c1-10-6-14(17-9-13(10)15)16-8-11-4-3-5-12(7-11)18-2/h3-7,9H,8,15H2,1-2H3,(H,16,17). The van der Waals surface area contributed by atoms with Crippen molar-refractivity contribution in [2.24, 2.45) is 0 Å². The minimum atomic E-state index is 0.702. The Morgan fingerprint density at radius 2 is 2.17 bits per heavy atom. The van der Waals surface area contributed by atoms with Crippen LogP contribution in [0.5, 0.6) is 5.75 Å². The number of rotatable bonds is 4. The molecule has 0 fully saturated rings. The molecule has 2 rings (SSSR count). The Hall–Kier alpha value is -2.23. The van der Waals surface area contributed by atoms with Crippen LogP contribution in [0.15, 0.2) is 36.5 Å². The smallest absolute Gasteiger partial charge is 0.126 e. The molecule has 4 nitrogen and oxygen atoms in total. The van der Waals surface area contributed by atoms with Crippen molar-refractivity contribution in [3.8, 4) is 5.75 Å². The number of nitrogens with one attached hydrogen (secondary N) is 1. The number of methoxy groups -OCH3 is 1. The molecule has 3 N–H and O–H groups in total. The molecule has 0 unspecified atom stereocenters. The molecule has 4 heteroatoms. The third-order valence-corrected chi connectivity index (χ3v) is 2.76. The van der Waals surface area contributed by atoms with Crippen molar-refractivity contribution in [3.63, 3.8) is 0 Å². The van der Waals surface area contributed by atoms with Crippen LogP contribution in [0.25, 0.3) is 0 Å². The molecular formula is C14H17N3O. The summed E-state index contributed by atoms with van der Waals surface area (Å²) in [4.78, 5) is 4.23. The van der Waals surface area contributed by atoms with Crippen LogP contribution in [0.2, 0.25) is 0 Å². The second kappa shape index (κ2) is 5.40. The van der Waals surface area contributed by atoms with Gasteiger partial charge in [0.2, 0.25) is 0 Å². The quantitative estimate of drug-likeness (QED) is 0.866. The zero-order chi connectivity index (χ0) is 13.0. The van der Waals surface area contributed by atoms with Gasteiger partial charge in [-0.2, -0.15) is 0 Å². The number of nitrogen functional groups attached to an aromatic ring is 1. The molecule has 0 saturated carbocycles. The molecule has 0 aliphatic heterocycles. The fraction of sp³-hybridized carbons (Fsp3) is 0.214. The fourth-order valence-corrected chi connectivity index (χ4v) is 1.64. The molecule has 0 radical (unpaired) electrons. The Labute approximate surface area is 107 Å². The van der Waals surface area contributed by atoms with E-state index < -0.39 is 0 Å². The van der Waals surface area contributed by atoms with Gasteiger partial charge in [-0.1, -0.05) is 12.1 Å². The van der Waals surface area contributed by atoms with Crippen LogP contribution in [-0.4, -0.2) is 12.1 Å². The van der Waals surface area contributed by atoms with E-state index in [0.717, 1.165) is 22.7 Å². The summed E-state index contributed by atoms with van der Waals surface area (Å²) in [6.45, 7) is 2.67. The number of benzene rings is 1. The lowest BCUT2D eigenvalue weighted by atomic mass is 10.2. The SMILES string of the molecule is COc1cccc(CNc2cc(C)c(N)cn2)c1. The number of nitrogens with zero attached hydrogens (tertiary/aromatic N) is 1. The monoisotopic (exact) mass is 243 g/mol. The highest BCUT2D eigenvalue weighted by molar-refractivity contribution is 5.51. The second-order valence-electron chi connectivity index (χ2n) is 4.13. The summed E-state index contributed by atoms with van der Waals surface area (Å²) in [6.07, 6.45) is 1.67. The molecule has 0 spiro atoms. The normalized spacial score (nSPS) is 10.1. The van der Waals surface area contributed by atoms with E-state index in [1.54, 1.807) is 13.3 Å². The number of pyridine rings is 1. The highest BCUT2D eigenvalue weighted by atomic mass is 16.5. The van der Waals surface area contributed by atoms with Crippen molar-refractivity contribution < 1.29 is 4.74 Å². The van der Waals surface area contributed by atoms with Crippen LogP contribution < -0.4 is 15.8 Å². The fourth-order valence-electron chi connectivity index (χ4n) is 1.64. The van der Waals surface area contributed by atoms with Crippen molar-refractivity contribution >= 4 is 11.5 Å². The molecule has 1 aromatic heterocycles. The molecule has 1 heterocycles. The van der Waals surface area contributed by atoms with E-state index in [1.807, 2.05) is 37.3 Å². The van der Waals surface area contributed by atoms with Crippen LogP contribution in [0, 0.1) is 6.92 Å². The molecule has 94 valence electrons. The molecule has 2 aromatic rings. The van der Waals surface area contributed by atoms with E-state index in [1.165, 1.54) is 0 Å². The third-order valence-electron chi connectivity index (χ3n) is 2.76. The first kappa shape index (κ1) is 12.2. The van der Waals surface area contributed by atoms with Gasteiger partial charge in [-0.3, -0.25) is 0 Å². The summed E-state index contributed by atoms with van der Waals surface area (Å²) in [7, 11) is 1.66. The maximum atomic E-state index is 5.73. The van der Waals surface area contributed by atoms with E-state index in [2.05, 4.69) is 10.3 Å². The van der Waals surface area contributed by atoms with E-state index >= 15 is 0 Å². The number of ether oxygens (including phenoxy) is 1. The number of anilines is 2. The van der Waals surface area contributed by atoms with E-state index in [0.29, 0.717) is 12.2 Å². The lowest BCUT2D eigenvalue weighted by molar-refractivity contribution is 0.414. The van der Waals surface area contributed by atoms with Gasteiger partial charge in [0.25, 0.3) is 0 Å². The summed E-state index contributed by atoms with van der Waals surface area (Å²) in [6, 6.07) is 9.87. The van der Waals surface area contributed by atoms with E-state index in [4.69, 9.17) is 10.5 Å². The average Bonchev–Trinajstić information content (AvgIpc) is 2.40. The van der Waals surface area contributed by atoms with Crippen molar-refractivity contribution in [2.45, 2.75) is 13.5 Å². The largest absolute Gasteiger partial charge is 0.497 e. The zero-order valence-electron chi connectivity index (χ0n) is 10.6. The Balaban J connectivity index is 2.04. The number of nitrogens with two attached hydrogens (primary N) is 1. The maximum Gasteiger partial charge on any atom is 0.126 e. The van der Waals surface area contributed by atoms with Crippen molar-refractivity contribution in [2.75, 3.05) is 18.2 Å². The van der Waals surface area contributed by atoms with Gasteiger partial charge in [-0.25, -0.2) is 4.98 Å². The lowest BCUT2D eigenvalue weighted by Crippen LogP contribution is -2.02. The second-order valence-corrected chi connectivity index (χ2v) is 4.13. The first-order chi connectivity index (χ1) is 8.69. The minimum Gasteiger partial charge on any atom is -0.497 e. The van der Waals surface area contributed by atoms with Gasteiger partial charge < -0.3 is 15.8 Å². The minimum absolute atomic E-state index is 0.702. The summed E-state index contributed by atoms with van der Waals surface area (Å²) < 4.78 is 5.18. The highest BCUT2D eigenvalue weighted by Gasteiger charge is 1.99. The van der Waals surface area contributed by atoms with Gasteiger partial charge in [0.1, 0.15) is 11.6 Å². The van der Waals surface area contributed by atoms with Crippen LogP contribution >= 0.6 is 0 Å². The first-order valence-electron chi connectivity index (χ1n) is 5.78. The van der Waals surface area contributed by atoms with Gasteiger partial charge in [0, 0.05) is 6.54 Å². The number of hydrogen-bond acceptors (Lipinski definition) is 4. The third kappa shape index (κ3) is 2.91. The molecule has 0 saturated heterocycles. The summed E-state index contributed by atoms with van der Waals surface area (Å²) in [5.41, 5.74) is 8.61. The maximum absolute atomic E-state index is 5.73. The van der Waals surface area contributed by atoms with E-state index in [9.17, 15) is 0 Å². The Kier molecular flexibility index (Phi) is 3.67. The van der Waals surface area contributed by atoms with Crippen LogP contribution in [0.3, 0.4) is 0 Å². The van der Waals surface area contributed by atoms with Crippen LogP contribution in [0.1, 0.15) is 11.1 Å². The average molecular weight is 243 g/mol. The topological polar surface area (TPSA) is 60.2 Å². The van der Waals surface area contributed by atoms with Crippen LogP contribution in [-0.2, 0) is 6.54 Å². The number of hydrogen-bond donors (Lipinski definition) is 2. The Morgan fingerprint density at radius 1 is 1.33 bits per heavy atom. The number of aromatic nitrogens is 1. The molecule has 0 amide bonds. The summed E-state index contributed by atoms with van der Waals surface area (Å²) in [5.74, 6) is 1.68. The Bertz CT molecular complexity index is 540. The molecule has 0 atom stereocenters. The van der Waals surface area contributed by atoms with E-state index in [-0.39, 0.29) is 0 Å². The van der Waals surface area contributed by atoms with Gasteiger partial charge in [0.15, 0.2) is 0 Å². The molecule has 18 heavy (non-hydrogen) atoms. The summed E-state index contributed by atoms with van der Waals surface area (Å²) >= 11 is 0.